The van der Waals surface area contributed by atoms with Crippen LogP contribution in [0.25, 0.3) is 0 Å². The fraction of sp³-hybridized carbons (Fsp3) is 0.600. The van der Waals surface area contributed by atoms with Crippen LogP contribution in [0.15, 0.2) is 18.2 Å². The van der Waals surface area contributed by atoms with Crippen molar-refractivity contribution in [3.05, 3.63) is 29.3 Å². The predicted octanol–water partition coefficient (Wildman–Crippen LogP) is 2.82. The number of nitrogens with one attached hydrogen (secondary N) is 1. The van der Waals surface area contributed by atoms with Crippen LogP contribution in [0.4, 0.5) is 0 Å². The highest BCUT2D eigenvalue weighted by atomic mass is 16.5. The minimum absolute atomic E-state index is 0.234. The molecule has 0 bridgehead atoms. The Labute approximate surface area is 110 Å². The summed E-state index contributed by atoms with van der Waals surface area (Å²) in [5, 5.41) is 12.2. The lowest BCUT2D eigenvalue weighted by atomic mass is 10.0. The fourth-order valence-corrected chi connectivity index (χ4v) is 1.95. The van der Waals surface area contributed by atoms with Gasteiger partial charge in [0.15, 0.2) is 0 Å². The number of hydrogen-bond acceptors (Lipinski definition) is 3. The van der Waals surface area contributed by atoms with E-state index in [9.17, 15) is 0 Å². The van der Waals surface area contributed by atoms with Crippen molar-refractivity contribution in [1.29, 1.82) is 0 Å². The zero-order valence-electron chi connectivity index (χ0n) is 11.7. The summed E-state index contributed by atoms with van der Waals surface area (Å²) >= 11 is 0. The van der Waals surface area contributed by atoms with E-state index in [1.54, 1.807) is 0 Å². The minimum Gasteiger partial charge on any atom is -0.493 e. The Morgan fingerprint density at radius 3 is 2.78 bits per heavy atom. The second kappa shape index (κ2) is 8.11. The third-order valence-corrected chi connectivity index (χ3v) is 2.95. The van der Waals surface area contributed by atoms with Gasteiger partial charge in [-0.2, -0.15) is 0 Å². The molecule has 1 aromatic carbocycles. The van der Waals surface area contributed by atoms with E-state index in [2.05, 4.69) is 38.2 Å². The molecule has 0 aromatic heterocycles. The Bertz CT molecular complexity index is 352. The first kappa shape index (κ1) is 15.0. The number of aliphatic hydroxyl groups excluding tert-OH is 1. The first-order valence-electron chi connectivity index (χ1n) is 6.76. The van der Waals surface area contributed by atoms with Gasteiger partial charge in [0.25, 0.3) is 0 Å². The minimum atomic E-state index is 0.234. The van der Waals surface area contributed by atoms with Crippen molar-refractivity contribution in [2.45, 2.75) is 39.7 Å². The molecule has 2 N–H and O–H groups in total. The molecule has 3 nitrogen and oxygen atoms in total. The van der Waals surface area contributed by atoms with Crippen LogP contribution in [0, 0.1) is 6.92 Å². The van der Waals surface area contributed by atoms with Gasteiger partial charge in [-0.25, -0.2) is 0 Å². The van der Waals surface area contributed by atoms with Gasteiger partial charge in [0, 0.05) is 18.2 Å². The van der Waals surface area contributed by atoms with Gasteiger partial charge < -0.3 is 15.2 Å². The number of ether oxygens (including phenoxy) is 1. The third kappa shape index (κ3) is 4.67. The van der Waals surface area contributed by atoms with Crippen LogP contribution in [-0.2, 0) is 0 Å². The summed E-state index contributed by atoms with van der Waals surface area (Å²) in [5.41, 5.74) is 2.46. The zero-order valence-corrected chi connectivity index (χ0v) is 11.7. The van der Waals surface area contributed by atoms with E-state index >= 15 is 0 Å². The van der Waals surface area contributed by atoms with E-state index in [-0.39, 0.29) is 6.61 Å². The molecule has 102 valence electrons. The second-order valence-corrected chi connectivity index (χ2v) is 4.60. The topological polar surface area (TPSA) is 41.5 Å². The Balaban J connectivity index is 2.70. The van der Waals surface area contributed by atoms with Crippen LogP contribution in [0.5, 0.6) is 5.75 Å². The molecule has 3 heteroatoms. The highest BCUT2D eigenvalue weighted by Gasteiger charge is 2.10. The maximum atomic E-state index is 8.75. The summed E-state index contributed by atoms with van der Waals surface area (Å²) in [6, 6.07) is 6.58. The van der Waals surface area contributed by atoms with Crippen LogP contribution in [0.2, 0.25) is 0 Å². The van der Waals surface area contributed by atoms with Gasteiger partial charge >= 0.3 is 0 Å². The molecule has 1 rings (SSSR count). The van der Waals surface area contributed by atoms with Gasteiger partial charge in [0.2, 0.25) is 0 Å². The summed E-state index contributed by atoms with van der Waals surface area (Å²) in [6.07, 6.45) is 1.68. The highest BCUT2D eigenvalue weighted by Crippen LogP contribution is 2.26. The molecule has 0 aliphatic carbocycles. The van der Waals surface area contributed by atoms with Crippen molar-refractivity contribution in [3.8, 4) is 5.75 Å². The molecule has 0 heterocycles. The van der Waals surface area contributed by atoms with Crippen LogP contribution in [0.1, 0.15) is 43.9 Å². The van der Waals surface area contributed by atoms with Gasteiger partial charge in [-0.15, -0.1) is 0 Å². The Kier molecular flexibility index (Phi) is 6.76. The molecule has 1 aromatic rings. The van der Waals surface area contributed by atoms with Gasteiger partial charge in [0.1, 0.15) is 5.75 Å². The van der Waals surface area contributed by atoms with Crippen molar-refractivity contribution in [2.24, 2.45) is 0 Å². The van der Waals surface area contributed by atoms with Gasteiger partial charge in [-0.3, -0.25) is 0 Å². The summed E-state index contributed by atoms with van der Waals surface area (Å²) in [4.78, 5) is 0. The third-order valence-electron chi connectivity index (χ3n) is 2.95. The van der Waals surface area contributed by atoms with Crippen molar-refractivity contribution in [2.75, 3.05) is 19.8 Å². The molecule has 0 radical (unpaired) electrons. The van der Waals surface area contributed by atoms with E-state index in [4.69, 9.17) is 9.84 Å². The van der Waals surface area contributed by atoms with Gasteiger partial charge in [-0.1, -0.05) is 24.6 Å². The number of rotatable bonds is 8. The number of unbranched alkanes of at least 4 members (excludes halogenated alkanes) is 1. The largest absolute Gasteiger partial charge is 0.493 e. The summed E-state index contributed by atoms with van der Waals surface area (Å²) in [6.45, 7) is 8.19. The molecular weight excluding hydrogens is 226 g/mol. The molecule has 0 amide bonds. The Hall–Kier alpha value is -1.06. The van der Waals surface area contributed by atoms with Crippen LogP contribution in [0.3, 0.4) is 0 Å². The molecule has 0 saturated heterocycles. The fourth-order valence-electron chi connectivity index (χ4n) is 1.95. The van der Waals surface area contributed by atoms with E-state index in [0.29, 0.717) is 12.6 Å². The first-order chi connectivity index (χ1) is 8.69. The summed E-state index contributed by atoms with van der Waals surface area (Å²) in [7, 11) is 0. The molecule has 1 unspecified atom stereocenters. The lowest BCUT2D eigenvalue weighted by Gasteiger charge is -2.18. The van der Waals surface area contributed by atoms with Crippen molar-refractivity contribution >= 4 is 0 Å². The highest BCUT2D eigenvalue weighted by molar-refractivity contribution is 5.38. The molecule has 0 spiro atoms. The Morgan fingerprint density at radius 2 is 2.11 bits per heavy atom. The van der Waals surface area contributed by atoms with Crippen molar-refractivity contribution in [1.82, 2.24) is 5.32 Å². The molecule has 0 aliphatic rings. The van der Waals surface area contributed by atoms with Crippen molar-refractivity contribution in [3.63, 3.8) is 0 Å². The van der Waals surface area contributed by atoms with Crippen molar-refractivity contribution < 1.29 is 9.84 Å². The number of benzene rings is 1. The quantitative estimate of drug-likeness (QED) is 0.698. The SMILES string of the molecule is CCNC(C)c1cc(C)ccc1OCCCCO. The van der Waals surface area contributed by atoms with Gasteiger partial charge in [-0.05, 0) is 39.3 Å². The monoisotopic (exact) mass is 251 g/mol. The number of aryl methyl sites for hydroxylation is 1. The number of aliphatic hydroxyl groups is 1. The Morgan fingerprint density at radius 1 is 1.33 bits per heavy atom. The maximum Gasteiger partial charge on any atom is 0.124 e. The molecular formula is C15H25NO2. The standard InChI is InChI=1S/C15H25NO2/c1-4-16-13(3)14-11-12(2)7-8-15(14)18-10-6-5-9-17/h7-8,11,13,16-17H,4-6,9-10H2,1-3H3. The van der Waals surface area contributed by atoms with E-state index in [0.717, 1.165) is 25.1 Å². The lowest BCUT2D eigenvalue weighted by Crippen LogP contribution is -2.18. The molecule has 0 saturated carbocycles. The zero-order chi connectivity index (χ0) is 13.4. The smallest absolute Gasteiger partial charge is 0.124 e. The van der Waals surface area contributed by atoms with Gasteiger partial charge in [0.05, 0.1) is 6.61 Å². The second-order valence-electron chi connectivity index (χ2n) is 4.60. The summed E-state index contributed by atoms with van der Waals surface area (Å²) < 4.78 is 5.81. The molecule has 18 heavy (non-hydrogen) atoms. The molecule has 0 fully saturated rings. The lowest BCUT2D eigenvalue weighted by molar-refractivity contribution is 0.251. The first-order valence-corrected chi connectivity index (χ1v) is 6.76. The maximum absolute atomic E-state index is 8.75. The number of hydrogen-bond donors (Lipinski definition) is 2. The van der Waals surface area contributed by atoms with E-state index in [1.165, 1.54) is 11.1 Å². The molecule has 1 atom stereocenters. The average molecular weight is 251 g/mol. The van der Waals surface area contributed by atoms with E-state index in [1.807, 2.05) is 6.07 Å². The van der Waals surface area contributed by atoms with E-state index < -0.39 is 0 Å². The van der Waals surface area contributed by atoms with Crippen LogP contribution in [-0.4, -0.2) is 24.9 Å². The average Bonchev–Trinajstić information content (AvgIpc) is 2.36. The normalized spacial score (nSPS) is 12.4. The van der Waals surface area contributed by atoms with Crippen LogP contribution >= 0.6 is 0 Å². The summed E-state index contributed by atoms with van der Waals surface area (Å²) in [5.74, 6) is 0.951. The molecule has 0 aliphatic heterocycles. The predicted molar refractivity (Wildman–Crippen MR) is 75.1 cm³/mol. The van der Waals surface area contributed by atoms with Crippen LogP contribution < -0.4 is 10.1 Å².